The predicted molar refractivity (Wildman–Crippen MR) is 80.1 cm³/mol. The molecule has 1 aliphatic carbocycles. The van der Waals surface area contributed by atoms with Crippen LogP contribution >= 0.6 is 0 Å². The van der Waals surface area contributed by atoms with Gasteiger partial charge in [0.1, 0.15) is 10.7 Å². The number of sulfonamides is 1. The first kappa shape index (κ1) is 15.3. The molecule has 20 heavy (non-hydrogen) atoms. The van der Waals surface area contributed by atoms with Crippen LogP contribution in [0.15, 0.2) is 23.2 Å². The second kappa shape index (κ2) is 5.69. The molecule has 0 bridgehead atoms. The molecule has 1 atom stereocenters. The molecule has 0 amide bonds. The summed E-state index contributed by atoms with van der Waals surface area (Å²) in [5.74, 6) is 0.688. The van der Waals surface area contributed by atoms with Crippen LogP contribution in [0, 0.1) is 5.41 Å². The Balaban J connectivity index is 2.07. The lowest BCUT2D eigenvalue weighted by Crippen LogP contribution is -2.33. The monoisotopic (exact) mass is 297 g/mol. The molecule has 2 rings (SSSR count). The van der Waals surface area contributed by atoms with Gasteiger partial charge in [0.05, 0.1) is 0 Å². The Hall–Kier alpha value is -1.14. The summed E-state index contributed by atoms with van der Waals surface area (Å²) in [5.41, 5.74) is 0.223. The zero-order valence-electron chi connectivity index (χ0n) is 12.3. The van der Waals surface area contributed by atoms with Gasteiger partial charge in [-0.2, -0.15) is 0 Å². The van der Waals surface area contributed by atoms with E-state index in [1.807, 2.05) is 6.92 Å². The van der Waals surface area contributed by atoms with Gasteiger partial charge in [-0.3, -0.25) is 0 Å². The van der Waals surface area contributed by atoms with Gasteiger partial charge in [-0.05, 0) is 43.7 Å². The first-order valence-electron chi connectivity index (χ1n) is 7.05. The molecule has 0 aliphatic heterocycles. The highest BCUT2D eigenvalue weighted by Gasteiger charge is 2.33. The van der Waals surface area contributed by atoms with Crippen molar-refractivity contribution in [3.8, 4) is 0 Å². The van der Waals surface area contributed by atoms with Gasteiger partial charge in [0, 0.05) is 18.8 Å². The van der Waals surface area contributed by atoms with E-state index in [1.54, 1.807) is 12.1 Å². The van der Waals surface area contributed by atoms with E-state index in [0.717, 1.165) is 25.8 Å². The highest BCUT2D eigenvalue weighted by Crippen LogP contribution is 2.37. The Bertz CT molecular complexity index is 552. The van der Waals surface area contributed by atoms with E-state index in [4.69, 9.17) is 0 Å². The molecule has 1 fully saturated rings. The van der Waals surface area contributed by atoms with E-state index in [9.17, 15) is 8.42 Å². The molecule has 6 heteroatoms. The predicted octanol–water partition coefficient (Wildman–Crippen LogP) is 2.37. The van der Waals surface area contributed by atoms with Gasteiger partial charge in [-0.15, -0.1) is 0 Å². The van der Waals surface area contributed by atoms with Crippen LogP contribution in [0.1, 0.15) is 40.0 Å². The van der Waals surface area contributed by atoms with Crippen molar-refractivity contribution in [2.24, 2.45) is 5.41 Å². The minimum atomic E-state index is -3.47. The van der Waals surface area contributed by atoms with Crippen molar-refractivity contribution >= 4 is 15.8 Å². The van der Waals surface area contributed by atoms with E-state index < -0.39 is 10.0 Å². The average molecular weight is 297 g/mol. The first-order chi connectivity index (χ1) is 9.32. The van der Waals surface area contributed by atoms with Crippen molar-refractivity contribution in [1.82, 2.24) is 9.71 Å². The van der Waals surface area contributed by atoms with Crippen molar-refractivity contribution in [3.63, 3.8) is 0 Å². The van der Waals surface area contributed by atoms with E-state index in [0.29, 0.717) is 5.82 Å². The van der Waals surface area contributed by atoms with Gasteiger partial charge in [-0.1, -0.05) is 13.8 Å². The Morgan fingerprint density at radius 1 is 1.40 bits per heavy atom. The number of rotatable bonds is 5. The Morgan fingerprint density at radius 3 is 2.65 bits per heavy atom. The van der Waals surface area contributed by atoms with Crippen LogP contribution in [0.25, 0.3) is 0 Å². The van der Waals surface area contributed by atoms with Crippen LogP contribution in [-0.4, -0.2) is 26.0 Å². The van der Waals surface area contributed by atoms with Crippen LogP contribution in [0.5, 0.6) is 0 Å². The normalized spacial score (nSPS) is 21.9. The third kappa shape index (κ3) is 3.70. The van der Waals surface area contributed by atoms with E-state index >= 15 is 0 Å². The second-order valence-electron chi connectivity index (χ2n) is 6.13. The molecule has 0 radical (unpaired) electrons. The van der Waals surface area contributed by atoms with Crippen LogP contribution in [0.4, 0.5) is 5.82 Å². The topological polar surface area (TPSA) is 71.1 Å². The third-order valence-electron chi connectivity index (χ3n) is 3.69. The molecule has 0 saturated heterocycles. The largest absolute Gasteiger partial charge is 0.370 e. The standard InChI is InChI=1S/C14H23N3O2S/c1-4-15-13-6-5-12(10-16-13)20(18,19)17-11-7-8-14(2,3)9-11/h5-6,10-11,17H,4,7-9H2,1-3H3,(H,15,16). The maximum Gasteiger partial charge on any atom is 0.242 e. The fourth-order valence-corrected chi connectivity index (χ4v) is 3.86. The summed E-state index contributed by atoms with van der Waals surface area (Å²) in [4.78, 5) is 4.33. The molecule has 0 spiro atoms. The van der Waals surface area contributed by atoms with Crippen LogP contribution < -0.4 is 10.0 Å². The lowest BCUT2D eigenvalue weighted by Gasteiger charge is -2.17. The van der Waals surface area contributed by atoms with Crippen LogP contribution in [0.3, 0.4) is 0 Å². The van der Waals surface area contributed by atoms with Gasteiger partial charge < -0.3 is 5.32 Å². The number of aromatic nitrogens is 1. The number of hydrogen-bond donors (Lipinski definition) is 2. The zero-order valence-corrected chi connectivity index (χ0v) is 13.1. The van der Waals surface area contributed by atoms with E-state index in [2.05, 4.69) is 28.9 Å². The van der Waals surface area contributed by atoms with Gasteiger partial charge in [0.15, 0.2) is 0 Å². The highest BCUT2D eigenvalue weighted by atomic mass is 32.2. The minimum absolute atomic E-state index is 0.0310. The average Bonchev–Trinajstić information content (AvgIpc) is 2.69. The third-order valence-corrected chi connectivity index (χ3v) is 5.20. The molecule has 1 unspecified atom stereocenters. The molecule has 0 aromatic carbocycles. The molecular formula is C14H23N3O2S. The summed E-state index contributed by atoms with van der Waals surface area (Å²) in [6, 6.07) is 3.31. The zero-order chi connectivity index (χ0) is 14.8. The van der Waals surface area contributed by atoms with Crippen molar-refractivity contribution in [1.29, 1.82) is 0 Å². The summed E-state index contributed by atoms with van der Waals surface area (Å²) in [6.45, 7) is 7.08. The lowest BCUT2D eigenvalue weighted by molar-refractivity contribution is 0.372. The summed E-state index contributed by atoms with van der Waals surface area (Å²) in [5, 5.41) is 3.04. The van der Waals surface area contributed by atoms with Crippen molar-refractivity contribution < 1.29 is 8.42 Å². The number of nitrogens with zero attached hydrogens (tertiary/aromatic N) is 1. The fraction of sp³-hybridized carbons (Fsp3) is 0.643. The summed E-state index contributed by atoms with van der Waals surface area (Å²) < 4.78 is 27.4. The SMILES string of the molecule is CCNc1ccc(S(=O)(=O)NC2CCC(C)(C)C2)cn1. The first-order valence-corrected chi connectivity index (χ1v) is 8.53. The van der Waals surface area contributed by atoms with E-state index in [-0.39, 0.29) is 16.4 Å². The van der Waals surface area contributed by atoms with Crippen LogP contribution in [0.2, 0.25) is 0 Å². The number of nitrogens with one attached hydrogen (secondary N) is 2. The molecule has 5 nitrogen and oxygen atoms in total. The maximum atomic E-state index is 12.3. The van der Waals surface area contributed by atoms with Gasteiger partial charge >= 0.3 is 0 Å². The van der Waals surface area contributed by atoms with E-state index in [1.165, 1.54) is 6.20 Å². The second-order valence-corrected chi connectivity index (χ2v) is 7.85. The minimum Gasteiger partial charge on any atom is -0.370 e. The van der Waals surface area contributed by atoms with Crippen molar-refractivity contribution in [2.45, 2.75) is 51.0 Å². The molecule has 1 heterocycles. The number of anilines is 1. The highest BCUT2D eigenvalue weighted by molar-refractivity contribution is 7.89. The number of hydrogen-bond acceptors (Lipinski definition) is 4. The van der Waals surface area contributed by atoms with Gasteiger partial charge in [0.25, 0.3) is 0 Å². The quantitative estimate of drug-likeness (QED) is 0.875. The fourth-order valence-electron chi connectivity index (χ4n) is 2.65. The molecule has 1 aliphatic rings. The summed E-state index contributed by atoms with van der Waals surface area (Å²) in [6.07, 6.45) is 4.24. The smallest absolute Gasteiger partial charge is 0.242 e. The van der Waals surface area contributed by atoms with Crippen LogP contribution in [-0.2, 0) is 10.0 Å². The Kier molecular flexibility index (Phi) is 4.34. The van der Waals surface area contributed by atoms with Gasteiger partial charge in [0.2, 0.25) is 10.0 Å². The molecular weight excluding hydrogens is 274 g/mol. The summed E-state index contributed by atoms with van der Waals surface area (Å²) in [7, 11) is -3.47. The van der Waals surface area contributed by atoms with Crippen molar-refractivity contribution in [2.75, 3.05) is 11.9 Å². The molecule has 1 aromatic rings. The summed E-state index contributed by atoms with van der Waals surface area (Å²) >= 11 is 0. The Labute approximate surface area is 121 Å². The lowest BCUT2D eigenvalue weighted by atomic mass is 9.92. The number of pyridine rings is 1. The van der Waals surface area contributed by atoms with Gasteiger partial charge in [-0.25, -0.2) is 18.1 Å². The molecule has 1 aromatic heterocycles. The molecule has 2 N–H and O–H groups in total. The molecule has 1 saturated carbocycles. The molecule has 112 valence electrons. The van der Waals surface area contributed by atoms with Crippen molar-refractivity contribution in [3.05, 3.63) is 18.3 Å². The Morgan fingerprint density at radius 2 is 2.15 bits per heavy atom. The maximum absolute atomic E-state index is 12.3.